The fourth-order valence-electron chi connectivity index (χ4n) is 5.08. The average Bonchev–Trinajstić information content (AvgIpc) is 3.29. The molecule has 3 aliphatic rings. The molecule has 1 saturated carbocycles. The second-order valence-electron chi connectivity index (χ2n) is 8.82. The number of hydrogen-bond donors (Lipinski definition) is 1. The van der Waals surface area contributed by atoms with Crippen LogP contribution < -0.4 is 0 Å². The first-order valence-corrected chi connectivity index (χ1v) is 11.4. The summed E-state index contributed by atoms with van der Waals surface area (Å²) >= 11 is 0. The summed E-state index contributed by atoms with van der Waals surface area (Å²) in [5.74, 6) is 7.04. The van der Waals surface area contributed by atoms with Gasteiger partial charge in [0.25, 0.3) is 0 Å². The third kappa shape index (κ3) is 4.93. The maximum Gasteiger partial charge on any atom is 0.238 e. The van der Waals surface area contributed by atoms with Gasteiger partial charge in [0.2, 0.25) is 5.91 Å². The van der Waals surface area contributed by atoms with Crippen LogP contribution in [-0.2, 0) is 9.53 Å². The Balaban J connectivity index is 1.39. The Labute approximate surface area is 184 Å². The van der Waals surface area contributed by atoms with E-state index in [1.54, 1.807) is 4.90 Å². The van der Waals surface area contributed by atoms with E-state index in [1.807, 2.05) is 29.2 Å². The number of ether oxygens (including phenoxy) is 1. The molecule has 0 radical (unpaired) electrons. The number of likely N-dealkylation sites (tertiary alicyclic amines) is 1. The summed E-state index contributed by atoms with van der Waals surface area (Å²) < 4.78 is 5.33. The normalized spacial score (nSPS) is 26.6. The van der Waals surface area contributed by atoms with Gasteiger partial charge in [0.1, 0.15) is 6.04 Å². The van der Waals surface area contributed by atoms with E-state index in [9.17, 15) is 15.2 Å². The first kappa shape index (κ1) is 21.8. The fourth-order valence-corrected chi connectivity index (χ4v) is 5.08. The van der Waals surface area contributed by atoms with E-state index in [-0.39, 0.29) is 31.0 Å². The molecule has 1 aliphatic carbocycles. The summed E-state index contributed by atoms with van der Waals surface area (Å²) in [6.07, 6.45) is 6.23. The number of morpholine rings is 1. The van der Waals surface area contributed by atoms with E-state index in [0.29, 0.717) is 26.3 Å². The van der Waals surface area contributed by atoms with Gasteiger partial charge in [0, 0.05) is 31.0 Å². The Morgan fingerprint density at radius 1 is 1.16 bits per heavy atom. The number of aliphatic hydroxyl groups is 1. The first-order valence-electron chi connectivity index (χ1n) is 11.4. The summed E-state index contributed by atoms with van der Waals surface area (Å²) in [4.78, 5) is 16.5. The maximum absolute atomic E-state index is 12.9. The van der Waals surface area contributed by atoms with E-state index >= 15 is 0 Å². The van der Waals surface area contributed by atoms with Crippen molar-refractivity contribution in [1.82, 2.24) is 9.80 Å². The van der Waals surface area contributed by atoms with Crippen LogP contribution in [0.5, 0.6) is 0 Å². The van der Waals surface area contributed by atoms with E-state index in [2.05, 4.69) is 17.9 Å². The van der Waals surface area contributed by atoms with Crippen molar-refractivity contribution in [2.75, 3.05) is 39.5 Å². The Hall–Kier alpha value is -2.38. The van der Waals surface area contributed by atoms with Gasteiger partial charge in [-0.3, -0.25) is 9.69 Å². The molecule has 31 heavy (non-hydrogen) atoms. The molecule has 0 bridgehead atoms. The van der Waals surface area contributed by atoms with Gasteiger partial charge >= 0.3 is 0 Å². The predicted octanol–water partition coefficient (Wildman–Crippen LogP) is 2.13. The smallest absolute Gasteiger partial charge is 0.238 e. The fraction of sp³-hybridized carbons (Fsp3) is 0.600. The Kier molecular flexibility index (Phi) is 7.25. The van der Waals surface area contributed by atoms with Crippen molar-refractivity contribution in [3.8, 4) is 17.9 Å². The molecule has 1 N–H and O–H groups in total. The van der Waals surface area contributed by atoms with Crippen molar-refractivity contribution in [3.63, 3.8) is 0 Å². The van der Waals surface area contributed by atoms with Crippen LogP contribution in [0.3, 0.4) is 0 Å². The number of aliphatic hydroxyl groups excluding tert-OH is 1. The number of benzene rings is 1. The highest BCUT2D eigenvalue weighted by Gasteiger charge is 2.51. The second-order valence-corrected chi connectivity index (χ2v) is 8.82. The van der Waals surface area contributed by atoms with Crippen LogP contribution in [0.25, 0.3) is 0 Å². The topological polar surface area (TPSA) is 76.8 Å². The lowest BCUT2D eigenvalue weighted by Crippen LogP contribution is -2.66. The number of nitrogens with zero attached hydrogens (tertiary/aromatic N) is 3. The molecule has 2 aliphatic heterocycles. The Bertz CT molecular complexity index is 855. The zero-order valence-corrected chi connectivity index (χ0v) is 18.0. The molecule has 1 aromatic carbocycles. The third-order valence-electron chi connectivity index (χ3n) is 6.88. The van der Waals surface area contributed by atoms with Crippen molar-refractivity contribution >= 4 is 5.91 Å². The molecule has 2 saturated heterocycles. The van der Waals surface area contributed by atoms with Gasteiger partial charge in [-0.05, 0) is 36.5 Å². The summed E-state index contributed by atoms with van der Waals surface area (Å²) in [6.45, 7) is 2.79. The van der Waals surface area contributed by atoms with Crippen LogP contribution in [0.4, 0.5) is 0 Å². The van der Waals surface area contributed by atoms with Crippen LogP contribution in [0.1, 0.15) is 49.1 Å². The molecule has 3 atom stereocenters. The van der Waals surface area contributed by atoms with E-state index < -0.39 is 6.04 Å². The zero-order chi connectivity index (χ0) is 21.6. The van der Waals surface area contributed by atoms with Gasteiger partial charge in [-0.25, -0.2) is 0 Å². The van der Waals surface area contributed by atoms with Gasteiger partial charge in [0.05, 0.1) is 38.5 Å². The van der Waals surface area contributed by atoms with Gasteiger partial charge < -0.3 is 14.7 Å². The average molecular weight is 422 g/mol. The maximum atomic E-state index is 12.9. The van der Waals surface area contributed by atoms with Gasteiger partial charge in [-0.2, -0.15) is 5.26 Å². The zero-order valence-electron chi connectivity index (χ0n) is 18.0. The standard InChI is InChI=1S/C25H31N3O3/c26-16-22-25(23(18-29)28(22)24(30)17-27-12-14-31-15-13-27)21-10-8-20(9-11-21)7-3-6-19-4-1-2-5-19/h8-11,19,22-23,25,29H,1-2,4-6,12-15,17-18H2/t22-,23+,25-/m0/s1. The lowest BCUT2D eigenvalue weighted by Gasteiger charge is -2.52. The van der Waals surface area contributed by atoms with Crippen LogP contribution in [0.15, 0.2) is 24.3 Å². The van der Waals surface area contributed by atoms with E-state index in [1.165, 1.54) is 25.7 Å². The molecule has 1 amide bonds. The van der Waals surface area contributed by atoms with Gasteiger partial charge in [-0.15, -0.1) is 0 Å². The SMILES string of the molecule is N#C[C@H]1[C@H](c2ccc(C#CCC3CCCC3)cc2)[C@@H](CO)N1C(=O)CN1CCOCC1. The van der Waals surface area contributed by atoms with Crippen LogP contribution in [0.2, 0.25) is 0 Å². The summed E-state index contributed by atoms with van der Waals surface area (Å²) in [5.41, 5.74) is 1.94. The van der Waals surface area contributed by atoms with E-state index in [0.717, 1.165) is 23.5 Å². The molecule has 0 unspecified atom stereocenters. The molecule has 3 fully saturated rings. The minimum absolute atomic E-state index is 0.0989. The van der Waals surface area contributed by atoms with Crippen LogP contribution >= 0.6 is 0 Å². The number of amides is 1. The number of carbonyl (C=O) groups excluding carboxylic acids is 1. The molecule has 6 nitrogen and oxygen atoms in total. The lowest BCUT2D eigenvalue weighted by molar-refractivity contribution is -0.149. The molecule has 4 rings (SSSR count). The van der Waals surface area contributed by atoms with Gasteiger partial charge in [0.15, 0.2) is 0 Å². The highest BCUT2D eigenvalue weighted by Crippen LogP contribution is 2.40. The monoisotopic (exact) mass is 421 g/mol. The van der Waals surface area contributed by atoms with Gasteiger partial charge in [-0.1, -0.05) is 36.8 Å². The predicted molar refractivity (Wildman–Crippen MR) is 117 cm³/mol. The summed E-state index contributed by atoms with van der Waals surface area (Å²) in [5, 5.41) is 19.7. The molecule has 164 valence electrons. The Morgan fingerprint density at radius 3 is 2.52 bits per heavy atom. The Morgan fingerprint density at radius 2 is 1.87 bits per heavy atom. The van der Waals surface area contributed by atoms with Crippen molar-refractivity contribution < 1.29 is 14.6 Å². The lowest BCUT2D eigenvalue weighted by atomic mass is 9.75. The largest absolute Gasteiger partial charge is 0.394 e. The van der Waals surface area contributed by atoms with Crippen molar-refractivity contribution in [2.24, 2.45) is 5.92 Å². The molecule has 0 spiro atoms. The van der Waals surface area contributed by atoms with Crippen molar-refractivity contribution in [2.45, 2.75) is 50.1 Å². The van der Waals surface area contributed by atoms with Crippen molar-refractivity contribution in [1.29, 1.82) is 5.26 Å². The molecule has 0 aromatic heterocycles. The molecule has 1 aromatic rings. The molecule has 2 heterocycles. The van der Waals surface area contributed by atoms with Crippen LogP contribution in [-0.4, -0.2) is 72.4 Å². The number of nitriles is 1. The minimum atomic E-state index is -0.551. The van der Waals surface area contributed by atoms with Crippen LogP contribution in [0, 0.1) is 29.1 Å². The number of hydrogen-bond acceptors (Lipinski definition) is 5. The summed E-state index contributed by atoms with van der Waals surface area (Å²) in [6, 6.07) is 9.31. The first-order chi connectivity index (χ1) is 15.2. The second kappa shape index (κ2) is 10.3. The third-order valence-corrected chi connectivity index (χ3v) is 6.88. The molecular formula is C25H31N3O3. The number of carbonyl (C=O) groups is 1. The highest BCUT2D eigenvalue weighted by molar-refractivity contribution is 5.81. The summed E-state index contributed by atoms with van der Waals surface area (Å²) in [7, 11) is 0. The van der Waals surface area contributed by atoms with E-state index in [4.69, 9.17) is 4.74 Å². The molecular weight excluding hydrogens is 390 g/mol. The quantitative estimate of drug-likeness (QED) is 0.737. The highest BCUT2D eigenvalue weighted by atomic mass is 16.5. The van der Waals surface area contributed by atoms with Crippen molar-refractivity contribution in [3.05, 3.63) is 35.4 Å². The molecule has 6 heteroatoms. The minimum Gasteiger partial charge on any atom is -0.394 e. The number of rotatable bonds is 5.